The predicted molar refractivity (Wildman–Crippen MR) is 117 cm³/mol. The van der Waals surface area contributed by atoms with Gasteiger partial charge in [0, 0.05) is 0 Å². The molecule has 2 aromatic carbocycles. The topological polar surface area (TPSA) is 12.0 Å². The van der Waals surface area contributed by atoms with Gasteiger partial charge in [-0.2, -0.15) is 0 Å². The summed E-state index contributed by atoms with van der Waals surface area (Å²) in [5, 5.41) is 3.32. The first kappa shape index (κ1) is 23.4. The van der Waals surface area contributed by atoms with Crippen molar-refractivity contribution in [3.63, 3.8) is 0 Å². The number of hydrogen-bond donors (Lipinski definition) is 1. The molecule has 1 heterocycles. The van der Waals surface area contributed by atoms with Crippen LogP contribution in [0, 0.1) is 5.82 Å². The Morgan fingerprint density at radius 2 is 1.37 bits per heavy atom. The van der Waals surface area contributed by atoms with Crippen LogP contribution in [0.4, 0.5) is 4.39 Å². The lowest BCUT2D eigenvalue weighted by Crippen LogP contribution is -2.26. The summed E-state index contributed by atoms with van der Waals surface area (Å²) in [5.41, 5.74) is 2.69. The lowest BCUT2D eigenvalue weighted by atomic mass is 9.90. The van der Waals surface area contributed by atoms with Gasteiger partial charge in [-0.3, -0.25) is 0 Å². The van der Waals surface area contributed by atoms with Gasteiger partial charge in [0.05, 0.1) is 0 Å². The standard InChI is InChI=1S/C11H14FN.C8H10.C6H14/c12-11-3-1-9(2-4-11)10-5-7-13-8-6-10;1-2-8-6-4-3-5-7-8;1-3-5-6-4-2/h1-4,10,13H,5-8H2;3-7H,2H2,1H3;3-6H2,1-2H3. The van der Waals surface area contributed by atoms with E-state index in [4.69, 9.17) is 0 Å². The zero-order valence-electron chi connectivity index (χ0n) is 17.5. The van der Waals surface area contributed by atoms with Crippen molar-refractivity contribution >= 4 is 0 Å². The maximum atomic E-state index is 12.6. The van der Waals surface area contributed by atoms with Crippen LogP contribution in [-0.4, -0.2) is 13.1 Å². The van der Waals surface area contributed by atoms with Gasteiger partial charge < -0.3 is 5.32 Å². The van der Waals surface area contributed by atoms with Crippen molar-refractivity contribution in [2.24, 2.45) is 0 Å². The van der Waals surface area contributed by atoms with Crippen LogP contribution < -0.4 is 5.32 Å². The van der Waals surface area contributed by atoms with Gasteiger partial charge in [0.1, 0.15) is 5.82 Å². The van der Waals surface area contributed by atoms with Gasteiger partial charge in [0.25, 0.3) is 0 Å². The number of piperidine rings is 1. The average molecular weight is 372 g/mol. The second kappa shape index (κ2) is 15.4. The molecule has 0 radical (unpaired) electrons. The molecule has 150 valence electrons. The van der Waals surface area contributed by atoms with E-state index in [0.717, 1.165) is 19.5 Å². The van der Waals surface area contributed by atoms with Crippen LogP contribution in [0.25, 0.3) is 0 Å². The number of halogens is 1. The molecule has 27 heavy (non-hydrogen) atoms. The normalized spacial score (nSPS) is 13.8. The van der Waals surface area contributed by atoms with E-state index in [9.17, 15) is 4.39 Å². The number of nitrogens with one attached hydrogen (secondary N) is 1. The second-order valence-corrected chi connectivity index (χ2v) is 7.12. The monoisotopic (exact) mass is 371 g/mol. The van der Waals surface area contributed by atoms with Crippen LogP contribution in [0.1, 0.15) is 76.3 Å². The van der Waals surface area contributed by atoms with Gasteiger partial charge in [-0.15, -0.1) is 0 Å². The first-order valence-corrected chi connectivity index (χ1v) is 10.7. The van der Waals surface area contributed by atoms with E-state index in [1.807, 2.05) is 18.2 Å². The summed E-state index contributed by atoms with van der Waals surface area (Å²) < 4.78 is 12.6. The third-order valence-corrected chi connectivity index (χ3v) is 4.89. The van der Waals surface area contributed by atoms with Crippen LogP contribution in [-0.2, 0) is 6.42 Å². The van der Waals surface area contributed by atoms with Crippen molar-refractivity contribution in [2.75, 3.05) is 13.1 Å². The predicted octanol–water partition coefficient (Wildman–Crippen LogP) is 7.13. The zero-order chi connectivity index (χ0) is 19.7. The van der Waals surface area contributed by atoms with E-state index in [-0.39, 0.29) is 5.82 Å². The van der Waals surface area contributed by atoms with Crippen LogP contribution >= 0.6 is 0 Å². The van der Waals surface area contributed by atoms with E-state index in [1.165, 1.54) is 49.7 Å². The lowest BCUT2D eigenvalue weighted by Gasteiger charge is -2.22. The van der Waals surface area contributed by atoms with Gasteiger partial charge >= 0.3 is 0 Å². The Balaban J connectivity index is 0.000000224. The average Bonchev–Trinajstić information content (AvgIpc) is 2.75. The second-order valence-electron chi connectivity index (χ2n) is 7.12. The Bertz CT molecular complexity index is 555. The van der Waals surface area contributed by atoms with Crippen LogP contribution in [0.5, 0.6) is 0 Å². The number of unbranched alkanes of at least 4 members (excludes halogenated alkanes) is 3. The number of aryl methyl sites for hydroxylation is 1. The molecule has 0 bridgehead atoms. The highest BCUT2D eigenvalue weighted by Crippen LogP contribution is 2.24. The number of hydrogen-bond acceptors (Lipinski definition) is 1. The highest BCUT2D eigenvalue weighted by atomic mass is 19.1. The Morgan fingerprint density at radius 1 is 0.815 bits per heavy atom. The molecule has 0 atom stereocenters. The van der Waals surface area contributed by atoms with Gasteiger partial charge in [0.15, 0.2) is 0 Å². The SMILES string of the molecule is CCCCCC.CCc1ccccc1.Fc1ccc(C2CCNCC2)cc1. The Morgan fingerprint density at radius 3 is 1.81 bits per heavy atom. The highest BCUT2D eigenvalue weighted by Gasteiger charge is 2.14. The van der Waals surface area contributed by atoms with Crippen LogP contribution in [0.2, 0.25) is 0 Å². The van der Waals surface area contributed by atoms with E-state index in [0.29, 0.717) is 5.92 Å². The van der Waals surface area contributed by atoms with Crippen molar-refractivity contribution in [2.45, 2.75) is 71.6 Å². The first-order chi connectivity index (χ1) is 13.2. The third-order valence-electron chi connectivity index (χ3n) is 4.89. The molecule has 0 spiro atoms. The zero-order valence-corrected chi connectivity index (χ0v) is 17.5. The highest BCUT2D eigenvalue weighted by molar-refractivity contribution is 5.21. The lowest BCUT2D eigenvalue weighted by molar-refractivity contribution is 0.460. The molecule has 1 aliphatic rings. The summed E-state index contributed by atoms with van der Waals surface area (Å²) in [6.07, 6.45) is 9.02. The Hall–Kier alpha value is -1.67. The summed E-state index contributed by atoms with van der Waals surface area (Å²) in [7, 11) is 0. The number of rotatable bonds is 5. The Kier molecular flexibility index (Phi) is 13.3. The van der Waals surface area contributed by atoms with E-state index in [2.05, 4.69) is 50.4 Å². The van der Waals surface area contributed by atoms with Crippen molar-refractivity contribution in [3.8, 4) is 0 Å². The molecule has 0 saturated carbocycles. The number of benzene rings is 2. The maximum Gasteiger partial charge on any atom is 0.123 e. The minimum absolute atomic E-state index is 0.141. The molecule has 1 saturated heterocycles. The van der Waals surface area contributed by atoms with Crippen molar-refractivity contribution in [1.82, 2.24) is 5.32 Å². The van der Waals surface area contributed by atoms with Crippen LogP contribution in [0.3, 0.4) is 0 Å². The fourth-order valence-corrected chi connectivity index (χ4v) is 3.10. The van der Waals surface area contributed by atoms with E-state index >= 15 is 0 Å². The van der Waals surface area contributed by atoms with E-state index in [1.54, 1.807) is 12.1 Å². The molecule has 0 aromatic heterocycles. The largest absolute Gasteiger partial charge is 0.317 e. The first-order valence-electron chi connectivity index (χ1n) is 10.7. The minimum Gasteiger partial charge on any atom is -0.317 e. The van der Waals surface area contributed by atoms with Crippen molar-refractivity contribution < 1.29 is 4.39 Å². The summed E-state index contributed by atoms with van der Waals surface area (Å²) in [6, 6.07) is 17.4. The molecule has 0 unspecified atom stereocenters. The van der Waals surface area contributed by atoms with Crippen LogP contribution in [0.15, 0.2) is 54.6 Å². The fourth-order valence-electron chi connectivity index (χ4n) is 3.10. The summed E-state index contributed by atoms with van der Waals surface area (Å²) in [6.45, 7) is 8.80. The van der Waals surface area contributed by atoms with Gasteiger partial charge in [0.2, 0.25) is 0 Å². The van der Waals surface area contributed by atoms with Crippen molar-refractivity contribution in [3.05, 3.63) is 71.5 Å². The van der Waals surface area contributed by atoms with Gasteiger partial charge in [-0.25, -0.2) is 4.39 Å². The third kappa shape index (κ3) is 10.9. The Labute approximate surface area is 166 Å². The molecule has 1 fully saturated rings. The molecule has 2 aromatic rings. The van der Waals surface area contributed by atoms with Gasteiger partial charge in [-0.1, -0.05) is 88.9 Å². The molecule has 0 amide bonds. The molecular weight excluding hydrogens is 333 g/mol. The molecule has 1 N–H and O–H groups in total. The quantitative estimate of drug-likeness (QED) is 0.551. The molecule has 3 rings (SSSR count). The molecule has 2 heteroatoms. The molecule has 1 aliphatic heterocycles. The fraction of sp³-hybridized carbons (Fsp3) is 0.520. The molecule has 0 aliphatic carbocycles. The van der Waals surface area contributed by atoms with Gasteiger partial charge in [-0.05, 0) is 61.5 Å². The van der Waals surface area contributed by atoms with Crippen molar-refractivity contribution in [1.29, 1.82) is 0 Å². The smallest absolute Gasteiger partial charge is 0.123 e. The molecule has 1 nitrogen and oxygen atoms in total. The summed E-state index contributed by atoms with van der Waals surface area (Å²) >= 11 is 0. The molecular formula is C25H38FN. The van der Waals surface area contributed by atoms with E-state index < -0.39 is 0 Å². The maximum absolute atomic E-state index is 12.6. The minimum atomic E-state index is -0.141. The summed E-state index contributed by atoms with van der Waals surface area (Å²) in [4.78, 5) is 0. The summed E-state index contributed by atoms with van der Waals surface area (Å²) in [5.74, 6) is 0.486.